The Labute approximate surface area is 111 Å². The van der Waals surface area contributed by atoms with Gasteiger partial charge in [0, 0.05) is 0 Å². The van der Waals surface area contributed by atoms with E-state index < -0.39 is 5.91 Å². The molecule has 19 heavy (non-hydrogen) atoms. The average molecular weight is 267 g/mol. The standard InChI is InChI=1S/C13H18FN3O2/c1-8-3-4-10(5-11(8)14)9(2)17-13(19)7-16-12(18)6-15/h3-5,9H,6-7,15H2,1-2H3,(H,16,18)(H,17,19). The molecule has 0 aliphatic heterocycles. The Balaban J connectivity index is 2.54. The number of rotatable bonds is 5. The fourth-order valence-corrected chi connectivity index (χ4v) is 1.51. The number of halogens is 1. The number of benzene rings is 1. The third-order valence-electron chi connectivity index (χ3n) is 2.70. The van der Waals surface area contributed by atoms with Crippen LogP contribution < -0.4 is 16.4 Å². The summed E-state index contributed by atoms with van der Waals surface area (Å²) in [5.74, 6) is -1.06. The first-order valence-electron chi connectivity index (χ1n) is 5.96. The smallest absolute Gasteiger partial charge is 0.239 e. The lowest BCUT2D eigenvalue weighted by molar-refractivity contribution is -0.125. The Kier molecular flexibility index (Phi) is 5.44. The third-order valence-corrected chi connectivity index (χ3v) is 2.70. The lowest BCUT2D eigenvalue weighted by Crippen LogP contribution is -2.40. The summed E-state index contributed by atoms with van der Waals surface area (Å²) in [5.41, 5.74) is 6.32. The molecule has 1 aromatic rings. The molecular formula is C13H18FN3O2. The lowest BCUT2D eigenvalue weighted by Gasteiger charge is -2.15. The van der Waals surface area contributed by atoms with Gasteiger partial charge in [0.15, 0.2) is 0 Å². The molecule has 0 saturated heterocycles. The van der Waals surface area contributed by atoms with Crippen molar-refractivity contribution >= 4 is 11.8 Å². The van der Waals surface area contributed by atoms with E-state index in [1.165, 1.54) is 6.07 Å². The molecule has 104 valence electrons. The number of carbonyl (C=O) groups excluding carboxylic acids is 2. The van der Waals surface area contributed by atoms with Crippen molar-refractivity contribution in [2.24, 2.45) is 5.73 Å². The van der Waals surface area contributed by atoms with Gasteiger partial charge in [-0.2, -0.15) is 0 Å². The summed E-state index contributed by atoms with van der Waals surface area (Å²) in [4.78, 5) is 22.4. The fraction of sp³-hybridized carbons (Fsp3) is 0.385. The van der Waals surface area contributed by atoms with Crippen molar-refractivity contribution in [3.63, 3.8) is 0 Å². The van der Waals surface area contributed by atoms with E-state index >= 15 is 0 Å². The van der Waals surface area contributed by atoms with Gasteiger partial charge in [0.05, 0.1) is 19.1 Å². The van der Waals surface area contributed by atoms with Crippen LogP contribution in [0.1, 0.15) is 24.1 Å². The Hall–Kier alpha value is -1.95. The van der Waals surface area contributed by atoms with Crippen molar-refractivity contribution < 1.29 is 14.0 Å². The molecule has 5 nitrogen and oxygen atoms in total. The van der Waals surface area contributed by atoms with Gasteiger partial charge in [-0.3, -0.25) is 9.59 Å². The van der Waals surface area contributed by atoms with Gasteiger partial charge in [-0.1, -0.05) is 12.1 Å². The molecule has 0 aliphatic carbocycles. The number of aryl methyl sites for hydroxylation is 1. The lowest BCUT2D eigenvalue weighted by atomic mass is 10.1. The normalized spacial score (nSPS) is 11.8. The number of nitrogens with one attached hydrogen (secondary N) is 2. The summed E-state index contributed by atoms with van der Waals surface area (Å²) in [5, 5.41) is 5.02. The molecule has 6 heteroatoms. The minimum atomic E-state index is -0.399. The molecule has 0 aliphatic rings. The quantitative estimate of drug-likeness (QED) is 0.721. The van der Waals surface area contributed by atoms with Gasteiger partial charge in [0.25, 0.3) is 0 Å². The second-order valence-corrected chi connectivity index (χ2v) is 4.28. The monoisotopic (exact) mass is 267 g/mol. The van der Waals surface area contributed by atoms with Crippen molar-refractivity contribution in [2.45, 2.75) is 19.9 Å². The van der Waals surface area contributed by atoms with Gasteiger partial charge in [0.1, 0.15) is 5.82 Å². The predicted octanol–water partition coefficient (Wildman–Crippen LogP) is 0.386. The zero-order valence-electron chi connectivity index (χ0n) is 11.0. The zero-order valence-corrected chi connectivity index (χ0v) is 11.0. The van der Waals surface area contributed by atoms with Crippen LogP contribution in [0.5, 0.6) is 0 Å². The number of hydrogen-bond acceptors (Lipinski definition) is 3. The average Bonchev–Trinajstić information content (AvgIpc) is 2.38. The minimum Gasteiger partial charge on any atom is -0.348 e. The number of hydrogen-bond donors (Lipinski definition) is 3. The van der Waals surface area contributed by atoms with Crippen molar-refractivity contribution in [3.8, 4) is 0 Å². The second-order valence-electron chi connectivity index (χ2n) is 4.28. The molecule has 0 saturated carbocycles. The fourth-order valence-electron chi connectivity index (χ4n) is 1.51. The topological polar surface area (TPSA) is 84.2 Å². The maximum atomic E-state index is 13.4. The van der Waals surface area contributed by atoms with Crippen molar-refractivity contribution in [3.05, 3.63) is 35.1 Å². The molecule has 0 heterocycles. The van der Waals surface area contributed by atoms with Crippen molar-refractivity contribution in [1.82, 2.24) is 10.6 Å². The van der Waals surface area contributed by atoms with Crippen LogP contribution in [0, 0.1) is 12.7 Å². The number of nitrogens with two attached hydrogens (primary N) is 1. The summed E-state index contributed by atoms with van der Waals surface area (Å²) in [6.45, 7) is 3.11. The van der Waals surface area contributed by atoms with Crippen LogP contribution in [0.3, 0.4) is 0 Å². The SMILES string of the molecule is Cc1ccc(C(C)NC(=O)CNC(=O)CN)cc1F. The van der Waals surface area contributed by atoms with E-state index in [4.69, 9.17) is 5.73 Å². The molecule has 1 aromatic carbocycles. The first kappa shape index (κ1) is 15.1. The summed E-state index contributed by atoms with van der Waals surface area (Å²) in [7, 11) is 0. The summed E-state index contributed by atoms with van der Waals surface area (Å²) in [6, 6.07) is 4.46. The largest absolute Gasteiger partial charge is 0.348 e. The molecule has 1 unspecified atom stereocenters. The van der Waals surface area contributed by atoms with Crippen molar-refractivity contribution in [1.29, 1.82) is 0 Å². The van der Waals surface area contributed by atoms with Crippen LogP contribution in [0.15, 0.2) is 18.2 Å². The second kappa shape index (κ2) is 6.84. The van der Waals surface area contributed by atoms with Gasteiger partial charge >= 0.3 is 0 Å². The van der Waals surface area contributed by atoms with E-state index in [0.717, 1.165) is 0 Å². The molecule has 1 rings (SSSR count). The first-order valence-corrected chi connectivity index (χ1v) is 5.96. The maximum Gasteiger partial charge on any atom is 0.239 e. The van der Waals surface area contributed by atoms with E-state index in [-0.39, 0.29) is 30.9 Å². The van der Waals surface area contributed by atoms with Crippen LogP contribution in [-0.2, 0) is 9.59 Å². The van der Waals surface area contributed by atoms with Crippen LogP contribution in [0.2, 0.25) is 0 Å². The van der Waals surface area contributed by atoms with Gasteiger partial charge in [-0.25, -0.2) is 4.39 Å². The molecule has 0 aromatic heterocycles. The summed E-state index contributed by atoms with van der Waals surface area (Å²) in [6.07, 6.45) is 0. The van der Waals surface area contributed by atoms with Crippen molar-refractivity contribution in [2.75, 3.05) is 13.1 Å². The first-order chi connectivity index (χ1) is 8.93. The van der Waals surface area contributed by atoms with Gasteiger partial charge in [-0.05, 0) is 31.0 Å². The minimum absolute atomic E-state index is 0.144. The molecular weight excluding hydrogens is 249 g/mol. The van der Waals surface area contributed by atoms with Crippen LogP contribution in [0.4, 0.5) is 4.39 Å². The molecule has 4 N–H and O–H groups in total. The Morgan fingerprint density at radius 2 is 2.05 bits per heavy atom. The third kappa shape index (κ3) is 4.67. The summed E-state index contributed by atoms with van der Waals surface area (Å²) < 4.78 is 13.4. The van der Waals surface area contributed by atoms with Crippen LogP contribution in [-0.4, -0.2) is 24.9 Å². The molecule has 0 radical (unpaired) electrons. The summed E-state index contributed by atoms with van der Waals surface area (Å²) >= 11 is 0. The highest BCUT2D eigenvalue weighted by molar-refractivity contribution is 5.85. The zero-order chi connectivity index (χ0) is 14.4. The molecule has 0 bridgehead atoms. The molecule has 0 fully saturated rings. The Bertz CT molecular complexity index is 477. The maximum absolute atomic E-state index is 13.4. The van der Waals surface area contributed by atoms with Crippen LogP contribution >= 0.6 is 0 Å². The Morgan fingerprint density at radius 1 is 1.37 bits per heavy atom. The predicted molar refractivity (Wildman–Crippen MR) is 69.8 cm³/mol. The van der Waals surface area contributed by atoms with E-state index in [0.29, 0.717) is 11.1 Å². The highest BCUT2D eigenvalue weighted by Crippen LogP contribution is 2.15. The number of amides is 2. The molecule has 2 amide bonds. The van der Waals surface area contributed by atoms with Crippen LogP contribution in [0.25, 0.3) is 0 Å². The molecule has 1 atom stereocenters. The van der Waals surface area contributed by atoms with Gasteiger partial charge in [-0.15, -0.1) is 0 Å². The number of carbonyl (C=O) groups is 2. The van der Waals surface area contributed by atoms with Gasteiger partial charge in [0.2, 0.25) is 11.8 Å². The van der Waals surface area contributed by atoms with E-state index in [1.54, 1.807) is 26.0 Å². The van der Waals surface area contributed by atoms with E-state index in [1.807, 2.05) is 0 Å². The van der Waals surface area contributed by atoms with E-state index in [9.17, 15) is 14.0 Å². The van der Waals surface area contributed by atoms with Gasteiger partial charge < -0.3 is 16.4 Å². The molecule has 0 spiro atoms. The van der Waals surface area contributed by atoms with E-state index in [2.05, 4.69) is 10.6 Å². The Morgan fingerprint density at radius 3 is 2.63 bits per heavy atom. The highest BCUT2D eigenvalue weighted by Gasteiger charge is 2.11. The highest BCUT2D eigenvalue weighted by atomic mass is 19.1.